The first-order valence-electron chi connectivity index (χ1n) is 6.58. The van der Waals surface area contributed by atoms with Gasteiger partial charge in [-0.25, -0.2) is 0 Å². The van der Waals surface area contributed by atoms with Gasteiger partial charge in [-0.1, -0.05) is 11.6 Å². The van der Waals surface area contributed by atoms with Gasteiger partial charge in [-0.2, -0.15) is 0 Å². The first kappa shape index (κ1) is 14.9. The summed E-state index contributed by atoms with van der Waals surface area (Å²) in [4.78, 5) is 18.3. The molecule has 1 aliphatic rings. The van der Waals surface area contributed by atoms with Crippen molar-refractivity contribution in [2.24, 2.45) is 4.99 Å². The number of carbonyl (C=O) groups excluding carboxylic acids is 1. The number of hydrogen-bond acceptors (Lipinski definition) is 4. The monoisotopic (exact) mass is 332 g/mol. The van der Waals surface area contributed by atoms with Gasteiger partial charge < -0.3 is 4.42 Å². The smallest absolute Gasteiger partial charge is 0.266 e. The average Bonchev–Trinajstić information content (AvgIpc) is 3.08. The summed E-state index contributed by atoms with van der Waals surface area (Å²) in [6.07, 6.45) is 1.74. The second-order valence-corrected chi connectivity index (χ2v) is 6.14. The first-order chi connectivity index (χ1) is 10.6. The Morgan fingerprint density at radius 3 is 2.59 bits per heavy atom. The molecule has 2 heterocycles. The zero-order valence-electron chi connectivity index (χ0n) is 12.0. The van der Waals surface area contributed by atoms with Gasteiger partial charge in [0, 0.05) is 30.8 Å². The highest BCUT2D eigenvalue weighted by Crippen LogP contribution is 2.32. The van der Waals surface area contributed by atoms with Crippen LogP contribution in [0.4, 0.5) is 0 Å². The van der Waals surface area contributed by atoms with E-state index in [2.05, 4.69) is 4.99 Å². The van der Waals surface area contributed by atoms with Gasteiger partial charge in [0.05, 0.1) is 4.91 Å². The lowest BCUT2D eigenvalue weighted by atomic mass is 10.2. The largest absolute Gasteiger partial charge is 0.457 e. The molecule has 0 radical (unpaired) electrons. The SMILES string of the molecule is CN=C1S/C(=C/c2ccc(-c3ccc(Cl)cc3)o2)C(=O)N1C. The number of carbonyl (C=O) groups is 1. The summed E-state index contributed by atoms with van der Waals surface area (Å²) in [5.74, 6) is 1.29. The van der Waals surface area contributed by atoms with Gasteiger partial charge in [0.1, 0.15) is 11.5 Å². The molecule has 0 atom stereocenters. The van der Waals surface area contributed by atoms with Crippen molar-refractivity contribution in [1.29, 1.82) is 0 Å². The molecule has 4 nitrogen and oxygen atoms in total. The van der Waals surface area contributed by atoms with Gasteiger partial charge >= 0.3 is 0 Å². The maximum Gasteiger partial charge on any atom is 0.266 e. The molecule has 1 saturated heterocycles. The van der Waals surface area contributed by atoms with Gasteiger partial charge in [0.2, 0.25) is 0 Å². The van der Waals surface area contributed by atoms with Crippen LogP contribution in [0.1, 0.15) is 5.76 Å². The van der Waals surface area contributed by atoms with Gasteiger partial charge in [-0.15, -0.1) is 0 Å². The normalized spacial score (nSPS) is 18.7. The summed E-state index contributed by atoms with van der Waals surface area (Å²) in [5, 5.41) is 1.36. The predicted molar refractivity (Wildman–Crippen MR) is 90.9 cm³/mol. The topological polar surface area (TPSA) is 45.8 Å². The van der Waals surface area contributed by atoms with E-state index in [1.807, 2.05) is 36.4 Å². The van der Waals surface area contributed by atoms with E-state index in [1.165, 1.54) is 16.7 Å². The van der Waals surface area contributed by atoms with E-state index < -0.39 is 0 Å². The second-order valence-electron chi connectivity index (χ2n) is 4.69. The molecule has 0 spiro atoms. The standard InChI is InChI=1S/C16H13ClN2O2S/c1-18-16-19(2)15(20)14(22-16)9-12-7-8-13(21-12)10-3-5-11(17)6-4-10/h3-9H,1-2H3/b14-9+,18-16?. The zero-order valence-corrected chi connectivity index (χ0v) is 13.6. The van der Waals surface area contributed by atoms with E-state index in [9.17, 15) is 4.79 Å². The molecule has 6 heteroatoms. The molecule has 1 aromatic heterocycles. The van der Waals surface area contributed by atoms with E-state index in [1.54, 1.807) is 20.2 Å². The number of thioether (sulfide) groups is 1. The molecule has 1 aliphatic heterocycles. The van der Waals surface area contributed by atoms with Crippen molar-refractivity contribution >= 4 is 40.5 Å². The number of amides is 1. The van der Waals surface area contributed by atoms with Crippen molar-refractivity contribution in [2.75, 3.05) is 14.1 Å². The van der Waals surface area contributed by atoms with Crippen LogP contribution < -0.4 is 0 Å². The predicted octanol–water partition coefficient (Wildman–Crippen LogP) is 4.13. The summed E-state index contributed by atoms with van der Waals surface area (Å²) in [7, 11) is 3.38. The fourth-order valence-electron chi connectivity index (χ4n) is 2.08. The van der Waals surface area contributed by atoms with E-state index in [0.717, 1.165) is 11.3 Å². The minimum Gasteiger partial charge on any atom is -0.457 e. The molecule has 112 valence electrons. The fourth-order valence-corrected chi connectivity index (χ4v) is 3.11. The molecule has 0 saturated carbocycles. The summed E-state index contributed by atoms with van der Waals surface area (Å²) >= 11 is 7.22. The number of aliphatic imine (C=N–C) groups is 1. The van der Waals surface area contributed by atoms with Crippen LogP contribution in [0.2, 0.25) is 5.02 Å². The molecule has 1 aromatic carbocycles. The zero-order chi connectivity index (χ0) is 15.7. The molecule has 1 amide bonds. The summed E-state index contributed by atoms with van der Waals surface area (Å²) < 4.78 is 5.78. The molecule has 0 bridgehead atoms. The Balaban J connectivity index is 1.87. The Kier molecular flexibility index (Phi) is 4.09. The number of rotatable bonds is 2. The molecule has 2 aromatic rings. The van der Waals surface area contributed by atoms with Gasteiger partial charge in [-0.3, -0.25) is 14.7 Å². The molecule has 0 unspecified atom stereocenters. The molecular weight excluding hydrogens is 320 g/mol. The minimum absolute atomic E-state index is 0.0740. The van der Waals surface area contributed by atoms with Crippen molar-refractivity contribution in [2.45, 2.75) is 0 Å². The lowest BCUT2D eigenvalue weighted by Gasteiger charge is -2.04. The van der Waals surface area contributed by atoms with Gasteiger partial charge in [0.15, 0.2) is 5.17 Å². The lowest BCUT2D eigenvalue weighted by Crippen LogP contribution is -2.23. The Morgan fingerprint density at radius 2 is 1.95 bits per heavy atom. The molecule has 0 N–H and O–H groups in total. The quantitative estimate of drug-likeness (QED) is 0.777. The Hall–Kier alpha value is -1.98. The van der Waals surface area contributed by atoms with E-state index in [4.69, 9.17) is 16.0 Å². The molecule has 1 fully saturated rings. The number of likely N-dealkylation sites (N-methyl/N-ethyl adjacent to an activating group) is 1. The fraction of sp³-hybridized carbons (Fsp3) is 0.125. The van der Waals surface area contributed by atoms with Crippen LogP contribution in [0.15, 0.2) is 50.7 Å². The van der Waals surface area contributed by atoms with Crippen LogP contribution in [-0.4, -0.2) is 30.1 Å². The number of hydrogen-bond donors (Lipinski definition) is 0. The summed E-state index contributed by atoms with van der Waals surface area (Å²) in [6, 6.07) is 11.1. The molecule has 22 heavy (non-hydrogen) atoms. The third-order valence-corrected chi connectivity index (χ3v) is 4.63. The third-order valence-electron chi connectivity index (χ3n) is 3.22. The van der Waals surface area contributed by atoms with Crippen molar-refractivity contribution in [1.82, 2.24) is 4.90 Å². The number of benzene rings is 1. The Labute approximate surface area is 137 Å². The van der Waals surface area contributed by atoms with Crippen molar-refractivity contribution in [3.8, 4) is 11.3 Å². The third kappa shape index (κ3) is 2.82. The van der Waals surface area contributed by atoms with Crippen molar-refractivity contribution in [3.05, 3.63) is 52.1 Å². The van der Waals surface area contributed by atoms with Gasteiger partial charge in [0.25, 0.3) is 5.91 Å². The van der Waals surface area contributed by atoms with Crippen LogP contribution in [-0.2, 0) is 4.79 Å². The highest BCUT2D eigenvalue weighted by Gasteiger charge is 2.29. The molecule has 3 rings (SSSR count). The van der Waals surface area contributed by atoms with E-state index in [-0.39, 0.29) is 5.91 Å². The van der Waals surface area contributed by atoms with Crippen molar-refractivity contribution in [3.63, 3.8) is 0 Å². The number of furan rings is 1. The van der Waals surface area contributed by atoms with Crippen molar-refractivity contribution < 1.29 is 9.21 Å². The molecule has 0 aliphatic carbocycles. The summed E-state index contributed by atoms with van der Waals surface area (Å²) in [5.41, 5.74) is 0.937. The highest BCUT2D eigenvalue weighted by atomic mass is 35.5. The number of nitrogens with zero attached hydrogens (tertiary/aromatic N) is 2. The lowest BCUT2D eigenvalue weighted by molar-refractivity contribution is -0.121. The number of amidine groups is 1. The van der Waals surface area contributed by atoms with Crippen LogP contribution in [0.3, 0.4) is 0 Å². The number of halogens is 1. The van der Waals surface area contributed by atoms with Crippen LogP contribution in [0, 0.1) is 0 Å². The van der Waals surface area contributed by atoms with Crippen LogP contribution in [0.25, 0.3) is 17.4 Å². The highest BCUT2D eigenvalue weighted by molar-refractivity contribution is 8.18. The maximum absolute atomic E-state index is 12.1. The van der Waals surface area contributed by atoms with E-state index in [0.29, 0.717) is 20.9 Å². The Morgan fingerprint density at radius 1 is 1.23 bits per heavy atom. The van der Waals surface area contributed by atoms with Gasteiger partial charge in [-0.05, 0) is 48.2 Å². The van der Waals surface area contributed by atoms with Crippen LogP contribution >= 0.6 is 23.4 Å². The summed E-state index contributed by atoms with van der Waals surface area (Å²) in [6.45, 7) is 0. The average molecular weight is 333 g/mol. The first-order valence-corrected chi connectivity index (χ1v) is 7.78. The van der Waals surface area contributed by atoms with Crippen LogP contribution in [0.5, 0.6) is 0 Å². The molecular formula is C16H13ClN2O2S. The maximum atomic E-state index is 12.1. The van der Waals surface area contributed by atoms with E-state index >= 15 is 0 Å². The minimum atomic E-state index is -0.0740. The second kappa shape index (κ2) is 6.02. The Bertz CT molecular complexity index is 778.